The Morgan fingerprint density at radius 1 is 1.16 bits per heavy atom. The minimum absolute atomic E-state index is 0.141. The molecule has 0 aliphatic rings. The average Bonchev–Trinajstić information content (AvgIpc) is 3.09. The van der Waals surface area contributed by atoms with E-state index in [1.165, 1.54) is 0 Å². The number of hydrogen-bond donors (Lipinski definition) is 2. The molecule has 0 aliphatic carbocycles. The van der Waals surface area contributed by atoms with Crippen LogP contribution in [-0.4, -0.2) is 51.6 Å². The monoisotopic (exact) mass is 564 g/mol. The molecule has 1 aromatic carbocycles. The number of nitrogens with two attached hydrogens (primary N) is 1. The van der Waals surface area contributed by atoms with Crippen molar-refractivity contribution in [1.29, 1.82) is 0 Å². The highest BCUT2D eigenvalue weighted by atomic mass is 32.2. The molecule has 0 spiro atoms. The third kappa shape index (κ3) is 8.86. The molecule has 0 bridgehead atoms. The van der Waals surface area contributed by atoms with Crippen molar-refractivity contribution in [2.75, 3.05) is 13.2 Å². The van der Waals surface area contributed by atoms with Crippen molar-refractivity contribution < 1.29 is 26.9 Å². The van der Waals surface area contributed by atoms with Crippen LogP contribution in [-0.2, 0) is 27.2 Å². The molecule has 0 saturated heterocycles. The van der Waals surface area contributed by atoms with Crippen LogP contribution in [0.5, 0.6) is 0 Å². The van der Waals surface area contributed by atoms with Crippen molar-refractivity contribution in [3.8, 4) is 0 Å². The number of nitrogens with one attached hydrogen (secondary N) is 1. The number of imidazole rings is 1. The zero-order chi connectivity index (χ0) is 28.4. The van der Waals surface area contributed by atoms with Crippen LogP contribution in [0.25, 0.3) is 11.0 Å². The SMILES string of the molecule is C[C@@H](N)c1ccc2nc([C@H](COC(C)(C)C(F)(F)F)N[S@](=O)C(C)(C)C)n(COCC[Si](C)(C)C)c2c1. The predicted molar refractivity (Wildman–Crippen MR) is 146 cm³/mol. The minimum Gasteiger partial charge on any atom is -0.364 e. The Balaban J connectivity index is 2.55. The Kier molecular flexibility index (Phi) is 10.2. The second kappa shape index (κ2) is 11.8. The highest BCUT2D eigenvalue weighted by molar-refractivity contribution is 7.84. The molecule has 212 valence electrons. The normalized spacial score (nSPS) is 16.2. The highest BCUT2D eigenvalue weighted by Gasteiger charge is 2.49. The van der Waals surface area contributed by atoms with E-state index < -0.39 is 48.2 Å². The van der Waals surface area contributed by atoms with Crippen molar-refractivity contribution in [3.63, 3.8) is 0 Å². The van der Waals surface area contributed by atoms with Gasteiger partial charge in [0.1, 0.15) is 18.6 Å². The number of ether oxygens (including phenoxy) is 2. The van der Waals surface area contributed by atoms with Crippen LogP contribution in [0.1, 0.15) is 65.0 Å². The summed E-state index contributed by atoms with van der Waals surface area (Å²) in [7, 11) is -2.93. The van der Waals surface area contributed by atoms with E-state index in [0.29, 0.717) is 17.9 Å². The molecule has 7 nitrogen and oxygen atoms in total. The van der Waals surface area contributed by atoms with E-state index in [9.17, 15) is 17.4 Å². The summed E-state index contributed by atoms with van der Waals surface area (Å²) in [5.74, 6) is 0.389. The molecule has 3 atom stereocenters. The molecule has 0 saturated carbocycles. The number of halogens is 3. The molecule has 1 heterocycles. The van der Waals surface area contributed by atoms with E-state index in [1.54, 1.807) is 20.8 Å². The number of alkyl halides is 3. The predicted octanol–water partition coefficient (Wildman–Crippen LogP) is 5.82. The Labute approximate surface area is 222 Å². The zero-order valence-electron chi connectivity index (χ0n) is 23.5. The molecule has 2 rings (SSSR count). The van der Waals surface area contributed by atoms with Crippen molar-refractivity contribution in [2.24, 2.45) is 5.73 Å². The fourth-order valence-corrected chi connectivity index (χ4v) is 4.76. The van der Waals surface area contributed by atoms with Gasteiger partial charge in [-0.25, -0.2) is 13.9 Å². The van der Waals surface area contributed by atoms with E-state index in [4.69, 9.17) is 20.2 Å². The Bertz CT molecular complexity index is 1080. The summed E-state index contributed by atoms with van der Waals surface area (Å²) in [6.45, 7) is 16.2. The van der Waals surface area contributed by atoms with Gasteiger partial charge < -0.3 is 19.8 Å². The molecule has 3 N–H and O–H groups in total. The lowest BCUT2D eigenvalue weighted by Gasteiger charge is -2.31. The first kappa shape index (κ1) is 31.9. The van der Waals surface area contributed by atoms with Crippen molar-refractivity contribution in [1.82, 2.24) is 14.3 Å². The first-order valence-corrected chi connectivity index (χ1v) is 17.3. The van der Waals surface area contributed by atoms with E-state index in [0.717, 1.165) is 31.0 Å². The molecular formula is C25H43F3N4O3SSi. The van der Waals surface area contributed by atoms with Crippen molar-refractivity contribution >= 4 is 30.1 Å². The van der Waals surface area contributed by atoms with Gasteiger partial charge in [-0.15, -0.1) is 0 Å². The van der Waals surface area contributed by atoms with Gasteiger partial charge in [-0.1, -0.05) is 25.7 Å². The zero-order valence-corrected chi connectivity index (χ0v) is 25.3. The summed E-state index contributed by atoms with van der Waals surface area (Å²) in [5.41, 5.74) is 5.97. The standard InChI is InChI=1S/C25H43F3N4O3SSi/c1-17(29)18-10-11-19-21(14-18)32(16-34-12-13-37(7,8)9)22(30-19)20(31-36(33)23(2,3)4)15-35-24(5,6)25(26,27)28/h10-11,14,17,20,31H,12-13,15-16,29H2,1-9H3/t17-,20+,36-/m1/s1. The molecule has 0 aliphatic heterocycles. The molecule has 0 unspecified atom stereocenters. The Morgan fingerprint density at radius 2 is 1.78 bits per heavy atom. The van der Waals surface area contributed by atoms with Gasteiger partial charge in [-0.3, -0.25) is 0 Å². The van der Waals surface area contributed by atoms with Crippen LogP contribution < -0.4 is 10.5 Å². The largest absolute Gasteiger partial charge is 0.416 e. The van der Waals surface area contributed by atoms with Gasteiger partial charge in [0.2, 0.25) is 0 Å². The van der Waals surface area contributed by atoms with Crippen molar-refractivity contribution in [2.45, 2.75) is 103 Å². The van der Waals surface area contributed by atoms with E-state index in [1.807, 2.05) is 29.7 Å². The Hall–Kier alpha value is -1.31. The van der Waals surface area contributed by atoms with Crippen LogP contribution in [0.15, 0.2) is 18.2 Å². The van der Waals surface area contributed by atoms with E-state index in [-0.39, 0.29) is 12.8 Å². The molecule has 2 aromatic rings. The molecular weight excluding hydrogens is 521 g/mol. The summed E-state index contributed by atoms with van der Waals surface area (Å²) in [4.78, 5) is 4.73. The number of fused-ring (bicyclic) bond motifs is 1. The van der Waals surface area contributed by atoms with Gasteiger partial charge in [0, 0.05) is 20.7 Å². The summed E-state index contributed by atoms with van der Waals surface area (Å²) >= 11 is 0. The first-order valence-electron chi connectivity index (χ1n) is 12.4. The smallest absolute Gasteiger partial charge is 0.364 e. The van der Waals surface area contributed by atoms with Crippen LogP contribution in [0.3, 0.4) is 0 Å². The number of rotatable bonds is 12. The van der Waals surface area contributed by atoms with Gasteiger partial charge >= 0.3 is 6.18 Å². The number of hydrogen-bond acceptors (Lipinski definition) is 5. The molecule has 0 amide bonds. The molecule has 1 aromatic heterocycles. The van der Waals surface area contributed by atoms with Gasteiger partial charge in [0.15, 0.2) is 5.60 Å². The summed E-state index contributed by atoms with van der Waals surface area (Å²) < 4.78 is 69.2. The lowest BCUT2D eigenvalue weighted by Crippen LogP contribution is -2.45. The molecule has 12 heteroatoms. The third-order valence-corrected chi connectivity index (χ3v) is 9.27. The summed E-state index contributed by atoms with van der Waals surface area (Å²) in [6.07, 6.45) is -4.58. The highest BCUT2D eigenvalue weighted by Crippen LogP contribution is 2.34. The Morgan fingerprint density at radius 3 is 2.30 bits per heavy atom. The lowest BCUT2D eigenvalue weighted by molar-refractivity contribution is -0.265. The van der Waals surface area contributed by atoms with E-state index >= 15 is 0 Å². The first-order chi connectivity index (χ1) is 16.7. The lowest BCUT2D eigenvalue weighted by atomic mass is 10.1. The number of benzene rings is 1. The van der Waals surface area contributed by atoms with Crippen LogP contribution in [0, 0.1) is 0 Å². The third-order valence-electron chi connectivity index (χ3n) is 5.96. The maximum Gasteiger partial charge on any atom is 0.416 e. The van der Waals surface area contributed by atoms with E-state index in [2.05, 4.69) is 24.4 Å². The van der Waals surface area contributed by atoms with Crippen LogP contribution in [0.2, 0.25) is 25.7 Å². The van der Waals surface area contributed by atoms with Crippen LogP contribution in [0.4, 0.5) is 13.2 Å². The van der Waals surface area contributed by atoms with Gasteiger partial charge in [0.25, 0.3) is 0 Å². The second-order valence-electron chi connectivity index (χ2n) is 12.2. The van der Waals surface area contributed by atoms with Gasteiger partial charge in [0.05, 0.1) is 33.4 Å². The summed E-state index contributed by atoms with van der Waals surface area (Å²) in [6, 6.07) is 5.46. The quantitative estimate of drug-likeness (QED) is 0.250. The number of nitrogens with zero attached hydrogens (tertiary/aromatic N) is 2. The van der Waals surface area contributed by atoms with Crippen molar-refractivity contribution in [3.05, 3.63) is 29.6 Å². The molecule has 0 fully saturated rings. The minimum atomic E-state index is -4.58. The molecule has 0 radical (unpaired) electrons. The number of aromatic nitrogens is 2. The maximum atomic E-state index is 13.6. The fourth-order valence-electron chi connectivity index (χ4n) is 3.22. The van der Waals surface area contributed by atoms with Crippen LogP contribution >= 0.6 is 0 Å². The maximum absolute atomic E-state index is 13.6. The second-order valence-corrected chi connectivity index (χ2v) is 19.8. The van der Waals surface area contributed by atoms with Gasteiger partial charge in [-0.2, -0.15) is 13.2 Å². The average molecular weight is 565 g/mol. The summed E-state index contributed by atoms with van der Waals surface area (Å²) in [5, 5.41) is 0. The van der Waals surface area contributed by atoms with Gasteiger partial charge in [-0.05, 0) is 65.3 Å². The topological polar surface area (TPSA) is 91.4 Å². The fraction of sp³-hybridized carbons (Fsp3) is 0.720. The molecule has 37 heavy (non-hydrogen) atoms.